The van der Waals surface area contributed by atoms with E-state index in [4.69, 9.17) is 14.2 Å². The Bertz CT molecular complexity index is 1960. The number of carbonyl (C=O) groups excluding carboxylic acids is 3. The Balaban J connectivity index is 1.03. The minimum atomic E-state index is -0.982. The van der Waals surface area contributed by atoms with Crippen LogP contribution in [0.4, 0.5) is 4.79 Å². The molecule has 5 atom stereocenters. The average Bonchev–Trinajstić information content (AvgIpc) is 3.67. The summed E-state index contributed by atoms with van der Waals surface area (Å²) in [4.78, 5) is 44.0. The van der Waals surface area contributed by atoms with Crippen LogP contribution >= 0.6 is 0 Å². The van der Waals surface area contributed by atoms with Crippen LogP contribution in [0.5, 0.6) is 0 Å². The van der Waals surface area contributed by atoms with Crippen molar-refractivity contribution in [2.75, 3.05) is 0 Å². The van der Waals surface area contributed by atoms with Crippen LogP contribution in [0.25, 0.3) is 11.0 Å². The number of hydrogen-bond acceptors (Lipinski definition) is 8. The molecule has 2 aliphatic rings. The lowest BCUT2D eigenvalue weighted by atomic mass is 9.90. The fourth-order valence-corrected chi connectivity index (χ4v) is 6.51. The van der Waals surface area contributed by atoms with Gasteiger partial charge in [-0.3, -0.25) is 14.5 Å². The molecule has 7 rings (SSSR count). The summed E-state index contributed by atoms with van der Waals surface area (Å²) in [5.74, 6) is -0.866. The van der Waals surface area contributed by atoms with Crippen LogP contribution in [0, 0.1) is 5.92 Å². The zero-order valence-electron chi connectivity index (χ0n) is 27.6. The highest BCUT2D eigenvalue weighted by Gasteiger charge is 2.41. The first-order chi connectivity index (χ1) is 24.4. The minimum absolute atomic E-state index is 0.0176. The van der Waals surface area contributed by atoms with Crippen LogP contribution in [0.1, 0.15) is 53.6 Å². The normalized spacial score (nSPS) is 22.2. The van der Waals surface area contributed by atoms with E-state index in [0.29, 0.717) is 6.54 Å². The van der Waals surface area contributed by atoms with Crippen LogP contribution in [-0.4, -0.2) is 49.6 Å². The summed E-state index contributed by atoms with van der Waals surface area (Å²) in [5, 5.41) is 12.1. The number of imide groups is 1. The molecule has 4 aromatic carbocycles. The van der Waals surface area contributed by atoms with Crippen LogP contribution in [0.2, 0.25) is 0 Å². The molecule has 3 amide bonds. The maximum atomic E-state index is 13.1. The largest absolute Gasteiger partial charge is 0.445 e. The van der Waals surface area contributed by atoms with Gasteiger partial charge in [-0.25, -0.2) is 9.78 Å². The summed E-state index contributed by atoms with van der Waals surface area (Å²) in [7, 11) is 0. The quantitative estimate of drug-likeness (QED) is 0.184. The lowest BCUT2D eigenvalue weighted by Gasteiger charge is -2.41. The fraction of sp³-hybridized carbons (Fsp3) is 0.282. The highest BCUT2D eigenvalue weighted by molar-refractivity contribution is 6.06. The molecular weight excluding hydrogens is 636 g/mol. The summed E-state index contributed by atoms with van der Waals surface area (Å²) in [6, 6.07) is 31.4. The molecule has 5 aromatic rings. The molecule has 11 nitrogen and oxygen atoms in total. The Hall–Kier alpha value is -5.36. The molecule has 2 saturated heterocycles. The molecule has 50 heavy (non-hydrogen) atoms. The molecule has 2 N–H and O–H groups in total. The standard InChI is InChI=1S/C39H38N4O7/c1-25-34(21-42-24-40-31-9-5-6-10-33(31)42)49-38(50-36(25)29-15-13-27(22-44)14-16-29)30-17-11-26(12-18-30)20-43-35(45)19-32(37(43)46)41-39(47)48-23-28-7-3-2-4-8-28/h2-18,24-25,32,34,36,38,44H,19-23H2,1H3,(H,41,47). The van der Waals surface area contributed by atoms with Crippen LogP contribution in [-0.2, 0) is 50.1 Å². The predicted octanol–water partition coefficient (Wildman–Crippen LogP) is 5.57. The first-order valence-corrected chi connectivity index (χ1v) is 16.7. The Kier molecular flexibility index (Phi) is 9.70. The van der Waals surface area contributed by atoms with E-state index in [2.05, 4.69) is 21.8 Å². The number of nitrogens with one attached hydrogen (secondary N) is 1. The maximum absolute atomic E-state index is 13.1. The number of nitrogens with zero attached hydrogens (tertiary/aromatic N) is 3. The number of amides is 3. The van der Waals surface area contributed by atoms with Gasteiger partial charge in [0.1, 0.15) is 12.6 Å². The molecule has 0 bridgehead atoms. The van der Waals surface area contributed by atoms with Gasteiger partial charge in [0.05, 0.1) is 55.7 Å². The zero-order valence-corrected chi connectivity index (χ0v) is 27.6. The average molecular weight is 675 g/mol. The van der Waals surface area contributed by atoms with E-state index in [9.17, 15) is 19.5 Å². The highest BCUT2D eigenvalue weighted by atomic mass is 16.7. The summed E-state index contributed by atoms with van der Waals surface area (Å²) in [6.45, 7) is 2.77. The Morgan fingerprint density at radius 3 is 2.34 bits per heavy atom. The predicted molar refractivity (Wildman–Crippen MR) is 183 cm³/mol. The molecule has 5 unspecified atom stereocenters. The zero-order chi connectivity index (χ0) is 34.6. The smallest absolute Gasteiger partial charge is 0.408 e. The highest BCUT2D eigenvalue weighted by Crippen LogP contribution is 2.42. The lowest BCUT2D eigenvalue weighted by Crippen LogP contribution is -2.41. The summed E-state index contributed by atoms with van der Waals surface area (Å²) in [5.41, 5.74) is 6.08. The molecule has 2 aliphatic heterocycles. The van der Waals surface area contributed by atoms with Gasteiger partial charge in [0.15, 0.2) is 6.29 Å². The molecule has 256 valence electrons. The number of ether oxygens (including phenoxy) is 3. The van der Waals surface area contributed by atoms with Gasteiger partial charge in [-0.1, -0.05) is 97.9 Å². The molecule has 0 spiro atoms. The third-order valence-electron chi connectivity index (χ3n) is 9.37. The van der Waals surface area contributed by atoms with Crippen molar-refractivity contribution in [1.82, 2.24) is 19.8 Å². The Morgan fingerprint density at radius 2 is 1.58 bits per heavy atom. The molecule has 0 saturated carbocycles. The number of likely N-dealkylation sites (tertiary alicyclic amines) is 1. The first-order valence-electron chi connectivity index (χ1n) is 16.7. The number of fused-ring (bicyclic) bond motifs is 1. The van der Waals surface area contributed by atoms with Gasteiger partial charge in [0.2, 0.25) is 5.91 Å². The fourth-order valence-electron chi connectivity index (χ4n) is 6.51. The summed E-state index contributed by atoms with van der Waals surface area (Å²) >= 11 is 0. The van der Waals surface area contributed by atoms with E-state index in [1.54, 1.807) is 0 Å². The van der Waals surface area contributed by atoms with Gasteiger partial charge in [-0.2, -0.15) is 0 Å². The van der Waals surface area contributed by atoms with Crippen molar-refractivity contribution in [3.05, 3.63) is 137 Å². The second-order valence-corrected chi connectivity index (χ2v) is 12.7. The van der Waals surface area contributed by atoms with Gasteiger partial charge in [-0.15, -0.1) is 0 Å². The number of aromatic nitrogens is 2. The van der Waals surface area contributed by atoms with Crippen molar-refractivity contribution < 1.29 is 33.7 Å². The van der Waals surface area contributed by atoms with Crippen LogP contribution in [0.3, 0.4) is 0 Å². The molecule has 0 aliphatic carbocycles. The van der Waals surface area contributed by atoms with Crippen LogP contribution in [0.15, 0.2) is 109 Å². The Labute approximate surface area is 289 Å². The molecule has 3 heterocycles. The monoisotopic (exact) mass is 674 g/mol. The summed E-state index contributed by atoms with van der Waals surface area (Å²) < 4.78 is 20.6. The van der Waals surface area contributed by atoms with Crippen molar-refractivity contribution in [2.24, 2.45) is 5.92 Å². The number of alkyl carbamates (subject to hydrolysis) is 1. The molecular formula is C39H38N4O7. The van der Waals surface area contributed by atoms with Crippen LogP contribution < -0.4 is 5.32 Å². The van der Waals surface area contributed by atoms with E-state index in [-0.39, 0.29) is 50.2 Å². The van der Waals surface area contributed by atoms with Gasteiger partial charge >= 0.3 is 6.09 Å². The van der Waals surface area contributed by atoms with Crippen molar-refractivity contribution >= 4 is 28.9 Å². The van der Waals surface area contributed by atoms with Gasteiger partial charge in [0.25, 0.3) is 5.91 Å². The van der Waals surface area contributed by atoms with E-state index >= 15 is 0 Å². The maximum Gasteiger partial charge on any atom is 0.408 e. The Morgan fingerprint density at radius 1 is 0.880 bits per heavy atom. The van der Waals surface area contributed by atoms with Gasteiger partial charge < -0.3 is 29.2 Å². The number of carbonyl (C=O) groups is 3. The van der Waals surface area contributed by atoms with Crippen molar-refractivity contribution in [3.63, 3.8) is 0 Å². The topological polar surface area (TPSA) is 132 Å². The second kappa shape index (κ2) is 14.6. The lowest BCUT2D eigenvalue weighted by molar-refractivity contribution is -0.276. The number of aliphatic hydroxyl groups is 1. The summed E-state index contributed by atoms with van der Waals surface area (Å²) in [6.07, 6.45) is -0.252. The second-order valence-electron chi connectivity index (χ2n) is 12.7. The number of benzene rings is 4. The van der Waals surface area contributed by atoms with E-state index in [1.165, 1.54) is 0 Å². The van der Waals surface area contributed by atoms with Crippen molar-refractivity contribution in [3.8, 4) is 0 Å². The van der Waals surface area contributed by atoms with Gasteiger partial charge in [0, 0.05) is 11.5 Å². The van der Waals surface area contributed by atoms with Crippen molar-refractivity contribution in [2.45, 2.75) is 64.2 Å². The first kappa shape index (κ1) is 33.2. The SMILES string of the molecule is CC1C(Cn2cnc3ccccc32)OC(c2ccc(CN3C(=O)CC(NC(=O)OCc4ccccc4)C3=O)cc2)OC1c1ccc(CO)cc1. The third-order valence-corrected chi connectivity index (χ3v) is 9.37. The van der Waals surface area contributed by atoms with E-state index < -0.39 is 24.3 Å². The molecule has 1 aromatic heterocycles. The van der Waals surface area contributed by atoms with Gasteiger partial charge in [-0.05, 0) is 34.4 Å². The minimum Gasteiger partial charge on any atom is -0.445 e. The number of para-hydroxylation sites is 2. The number of aliphatic hydroxyl groups excluding tert-OH is 1. The van der Waals surface area contributed by atoms with E-state index in [0.717, 1.165) is 43.8 Å². The molecule has 0 radical (unpaired) electrons. The number of imidazole rings is 1. The molecule has 11 heteroatoms. The number of rotatable bonds is 10. The third kappa shape index (κ3) is 7.16. The van der Waals surface area contributed by atoms with Crippen molar-refractivity contribution in [1.29, 1.82) is 0 Å². The van der Waals surface area contributed by atoms with E-state index in [1.807, 2.05) is 109 Å². The molecule has 2 fully saturated rings. The number of hydrogen-bond donors (Lipinski definition) is 2.